The Morgan fingerprint density at radius 3 is 2.45 bits per heavy atom. The van der Waals surface area contributed by atoms with Gasteiger partial charge in [0.2, 0.25) is 0 Å². The fraction of sp³-hybridized carbons (Fsp3) is 0.524. The summed E-state index contributed by atoms with van der Waals surface area (Å²) in [4.78, 5) is 33.1. The van der Waals surface area contributed by atoms with Gasteiger partial charge in [0.05, 0.1) is 16.8 Å². The number of aliphatic hydroxyl groups excluding tert-OH is 1. The molecule has 2 aromatic rings. The lowest BCUT2D eigenvalue weighted by molar-refractivity contribution is -0.156. The van der Waals surface area contributed by atoms with Crippen LogP contribution >= 0.6 is 22.7 Å². The molecule has 2 rings (SSSR count). The van der Waals surface area contributed by atoms with E-state index in [4.69, 9.17) is 4.74 Å². The van der Waals surface area contributed by atoms with Crippen molar-refractivity contribution in [1.82, 2.24) is 9.97 Å². The van der Waals surface area contributed by atoms with Crippen LogP contribution in [0.4, 0.5) is 0 Å². The van der Waals surface area contributed by atoms with E-state index in [1.165, 1.54) is 17.4 Å². The minimum absolute atomic E-state index is 0.355. The molecule has 0 spiro atoms. The van der Waals surface area contributed by atoms with Crippen LogP contribution in [0, 0.1) is 5.92 Å². The number of aliphatic hydroxyl groups is 1. The average molecular weight is 437 g/mol. The number of hydrogen-bond acceptors (Lipinski definition) is 8. The highest BCUT2D eigenvalue weighted by atomic mass is 32.1. The highest BCUT2D eigenvalue weighted by Gasteiger charge is 2.25. The lowest BCUT2D eigenvalue weighted by atomic mass is 9.97. The molecule has 8 heteroatoms. The van der Waals surface area contributed by atoms with Gasteiger partial charge in [0.25, 0.3) is 0 Å². The van der Waals surface area contributed by atoms with Gasteiger partial charge in [-0.05, 0) is 26.8 Å². The number of carbonyl (C=O) groups excluding carboxylic acids is 2. The lowest BCUT2D eigenvalue weighted by Gasteiger charge is -2.20. The summed E-state index contributed by atoms with van der Waals surface area (Å²) >= 11 is 3.10. The highest BCUT2D eigenvalue weighted by molar-refractivity contribution is 7.14. The summed E-state index contributed by atoms with van der Waals surface area (Å²) in [6, 6.07) is 0. The number of hydrogen-bond donors (Lipinski definition) is 1. The minimum atomic E-state index is -1.01. The fourth-order valence-electron chi connectivity index (χ4n) is 2.37. The Kier molecular flexibility index (Phi) is 7.85. The number of esters is 1. The molecular formula is C21H28N2O4S2. The van der Waals surface area contributed by atoms with Crippen LogP contribution in [0.3, 0.4) is 0 Å². The van der Waals surface area contributed by atoms with Gasteiger partial charge in [-0.3, -0.25) is 9.59 Å². The topological polar surface area (TPSA) is 89.4 Å². The smallest absolute Gasteiger partial charge is 0.313 e. The fourth-order valence-corrected chi connectivity index (χ4v) is 4.01. The molecule has 6 nitrogen and oxygen atoms in total. The van der Waals surface area contributed by atoms with Crippen LogP contribution in [-0.2, 0) is 14.3 Å². The van der Waals surface area contributed by atoms with Crippen molar-refractivity contribution in [3.05, 3.63) is 27.5 Å². The molecular weight excluding hydrogens is 408 g/mol. The molecule has 2 aromatic heterocycles. The average Bonchev–Trinajstić information content (AvgIpc) is 3.26. The Hall–Kier alpha value is -1.90. The molecule has 0 unspecified atom stereocenters. The van der Waals surface area contributed by atoms with Crippen molar-refractivity contribution >= 4 is 40.5 Å². The predicted octanol–water partition coefficient (Wildman–Crippen LogP) is 4.70. The summed E-state index contributed by atoms with van der Waals surface area (Å²) in [6.45, 7) is 11.0. The first kappa shape index (κ1) is 23.4. The second-order valence-corrected chi connectivity index (χ2v) is 9.92. The molecule has 0 radical (unpaired) electrons. The number of rotatable bonds is 8. The molecule has 2 heterocycles. The second-order valence-electron chi connectivity index (χ2n) is 8.17. The van der Waals surface area contributed by atoms with Crippen molar-refractivity contribution in [2.75, 3.05) is 0 Å². The molecule has 0 amide bonds. The lowest BCUT2D eigenvalue weighted by Crippen LogP contribution is -2.29. The largest absolute Gasteiger partial charge is 0.460 e. The van der Waals surface area contributed by atoms with Crippen molar-refractivity contribution in [3.63, 3.8) is 0 Å². The number of thiazole rings is 2. The van der Waals surface area contributed by atoms with Gasteiger partial charge in [-0.2, -0.15) is 0 Å². The van der Waals surface area contributed by atoms with E-state index in [2.05, 4.69) is 23.8 Å². The Bertz CT molecular complexity index is 877. The van der Waals surface area contributed by atoms with Gasteiger partial charge in [-0.25, -0.2) is 9.97 Å². The summed E-state index contributed by atoms with van der Waals surface area (Å²) in [7, 11) is 0. The number of aromatic nitrogens is 2. The molecule has 0 aliphatic heterocycles. The van der Waals surface area contributed by atoms with Crippen LogP contribution in [0.2, 0.25) is 0 Å². The van der Waals surface area contributed by atoms with E-state index in [0.717, 1.165) is 15.7 Å². The normalized spacial score (nSPS) is 14.3. The van der Waals surface area contributed by atoms with Gasteiger partial charge in [0.1, 0.15) is 28.5 Å². The Morgan fingerprint density at radius 2 is 1.86 bits per heavy atom. The summed E-state index contributed by atoms with van der Waals surface area (Å²) in [5.41, 5.74) is 0.897. The molecule has 0 aliphatic rings. The van der Waals surface area contributed by atoms with Crippen molar-refractivity contribution < 1.29 is 19.4 Å². The van der Waals surface area contributed by atoms with E-state index in [-0.39, 0.29) is 12.2 Å². The van der Waals surface area contributed by atoms with E-state index in [1.54, 1.807) is 45.1 Å². The number of carbonyl (C=O) groups is 2. The van der Waals surface area contributed by atoms with Crippen LogP contribution in [0.1, 0.15) is 64.6 Å². The highest BCUT2D eigenvalue weighted by Crippen LogP contribution is 2.28. The number of nitrogens with zero attached hydrogens (tertiary/aromatic N) is 2. The summed E-state index contributed by atoms with van der Waals surface area (Å²) in [5, 5.41) is 16.0. The van der Waals surface area contributed by atoms with Gasteiger partial charge >= 0.3 is 5.97 Å². The van der Waals surface area contributed by atoms with E-state index in [0.29, 0.717) is 11.6 Å². The molecule has 158 valence electrons. The van der Waals surface area contributed by atoms with Gasteiger partial charge in [-0.1, -0.05) is 26.8 Å². The molecule has 0 fully saturated rings. The third-order valence-corrected chi connectivity index (χ3v) is 6.01. The third kappa shape index (κ3) is 7.13. The molecule has 0 aromatic carbocycles. The molecule has 2 atom stereocenters. The standard InChI is InChI=1S/C21H28N2O4S2/c1-12(2)19-23-15(11-29-19)20-22-14(10-28-20)7-8-16(24)13(3)17(25)9-18(26)27-21(4,5)6/h7-8,10-13,16,24H,9H2,1-6H3/b8-7+/t13-,16+/m1/s1. The van der Waals surface area contributed by atoms with Crippen LogP contribution < -0.4 is 0 Å². The minimum Gasteiger partial charge on any atom is -0.460 e. The predicted molar refractivity (Wildman–Crippen MR) is 117 cm³/mol. The van der Waals surface area contributed by atoms with Crippen molar-refractivity contribution in [3.8, 4) is 10.7 Å². The van der Waals surface area contributed by atoms with E-state index in [9.17, 15) is 14.7 Å². The first-order valence-electron chi connectivity index (χ1n) is 9.48. The SMILES string of the molecule is CC(C)c1nc(-c2nc(/C=C/[C@H](O)[C@@H](C)C(=O)CC(=O)OC(C)(C)C)cs2)cs1. The number of ether oxygens (including phenoxy) is 1. The van der Waals surface area contributed by atoms with E-state index < -0.39 is 23.6 Å². The van der Waals surface area contributed by atoms with Crippen molar-refractivity contribution in [2.24, 2.45) is 5.92 Å². The van der Waals surface area contributed by atoms with Gasteiger partial charge in [0.15, 0.2) is 0 Å². The van der Waals surface area contributed by atoms with Crippen LogP contribution in [-0.4, -0.2) is 38.5 Å². The molecule has 0 saturated heterocycles. The Labute approximate surface area is 179 Å². The van der Waals surface area contributed by atoms with Crippen LogP contribution in [0.15, 0.2) is 16.8 Å². The first-order chi connectivity index (χ1) is 13.5. The summed E-state index contributed by atoms with van der Waals surface area (Å²) in [5.74, 6) is -1.29. The van der Waals surface area contributed by atoms with E-state index >= 15 is 0 Å². The van der Waals surface area contributed by atoms with E-state index in [1.807, 2.05) is 10.8 Å². The quantitative estimate of drug-likeness (QED) is 0.476. The molecule has 0 saturated carbocycles. The zero-order chi connectivity index (χ0) is 21.8. The molecule has 1 N–H and O–H groups in total. The van der Waals surface area contributed by atoms with Crippen molar-refractivity contribution in [1.29, 1.82) is 0 Å². The van der Waals surface area contributed by atoms with Crippen LogP contribution in [0.25, 0.3) is 16.8 Å². The zero-order valence-electron chi connectivity index (χ0n) is 17.6. The molecule has 0 bridgehead atoms. The zero-order valence-corrected chi connectivity index (χ0v) is 19.3. The molecule has 29 heavy (non-hydrogen) atoms. The summed E-state index contributed by atoms with van der Waals surface area (Å²) < 4.78 is 5.16. The maximum atomic E-state index is 12.2. The van der Waals surface area contributed by atoms with Gasteiger partial charge < -0.3 is 9.84 Å². The maximum Gasteiger partial charge on any atom is 0.313 e. The van der Waals surface area contributed by atoms with Gasteiger partial charge in [0, 0.05) is 22.6 Å². The maximum absolute atomic E-state index is 12.2. The third-order valence-electron chi connectivity index (χ3n) is 3.98. The second kappa shape index (κ2) is 9.73. The Morgan fingerprint density at radius 1 is 1.17 bits per heavy atom. The number of Topliss-reactive ketones (excluding diaryl/α,β-unsaturated/α-hetero) is 1. The van der Waals surface area contributed by atoms with Crippen LogP contribution in [0.5, 0.6) is 0 Å². The number of ketones is 1. The van der Waals surface area contributed by atoms with Gasteiger partial charge in [-0.15, -0.1) is 22.7 Å². The first-order valence-corrected chi connectivity index (χ1v) is 11.2. The Balaban J connectivity index is 1.95. The monoisotopic (exact) mass is 436 g/mol. The molecule has 0 aliphatic carbocycles. The summed E-state index contributed by atoms with van der Waals surface area (Å²) in [6.07, 6.45) is 1.84. The van der Waals surface area contributed by atoms with Crippen molar-refractivity contribution in [2.45, 2.75) is 65.6 Å².